The monoisotopic (exact) mass is 418 g/mol. The van der Waals surface area contributed by atoms with Crippen molar-refractivity contribution in [2.75, 3.05) is 32.1 Å². The van der Waals surface area contributed by atoms with Crippen LogP contribution in [0.25, 0.3) is 0 Å². The molecule has 0 spiro atoms. The third-order valence-corrected chi connectivity index (χ3v) is 5.67. The average molecular weight is 419 g/mol. The minimum atomic E-state index is 0.0397. The molecule has 1 aromatic heterocycles. The molecule has 1 aliphatic heterocycles. The van der Waals surface area contributed by atoms with Gasteiger partial charge in [-0.05, 0) is 54.3 Å². The van der Waals surface area contributed by atoms with E-state index in [2.05, 4.69) is 34.3 Å². The van der Waals surface area contributed by atoms with Crippen LogP contribution in [-0.2, 0) is 17.8 Å². The lowest BCUT2D eigenvalue weighted by atomic mass is 10.1. The molecule has 0 bridgehead atoms. The molecule has 0 radical (unpaired) electrons. The highest BCUT2D eigenvalue weighted by atomic mass is 16.5. The summed E-state index contributed by atoms with van der Waals surface area (Å²) in [6.45, 7) is 2.66. The number of nitrogens with zero attached hydrogens (tertiary/aromatic N) is 4. The van der Waals surface area contributed by atoms with Crippen molar-refractivity contribution in [2.24, 2.45) is 0 Å². The molecule has 4 rings (SSSR count). The van der Waals surface area contributed by atoms with Gasteiger partial charge in [0, 0.05) is 57.4 Å². The van der Waals surface area contributed by atoms with E-state index < -0.39 is 0 Å². The van der Waals surface area contributed by atoms with E-state index in [1.54, 1.807) is 6.20 Å². The van der Waals surface area contributed by atoms with E-state index in [-0.39, 0.29) is 12.0 Å². The summed E-state index contributed by atoms with van der Waals surface area (Å²) in [6, 6.07) is 18.1. The van der Waals surface area contributed by atoms with Gasteiger partial charge in [0.25, 0.3) is 5.91 Å². The minimum Gasteiger partial charge on any atom is -0.378 e. The van der Waals surface area contributed by atoms with Gasteiger partial charge in [-0.2, -0.15) is 5.10 Å². The van der Waals surface area contributed by atoms with Gasteiger partial charge in [-0.15, -0.1) is 0 Å². The molecule has 2 heterocycles. The molecule has 162 valence electrons. The number of hydrogen-bond donors (Lipinski definition) is 0. The van der Waals surface area contributed by atoms with Crippen molar-refractivity contribution in [1.82, 2.24) is 14.7 Å². The Bertz CT molecular complexity index is 960. The molecule has 2 aromatic carbocycles. The second-order valence-electron chi connectivity index (χ2n) is 8.28. The largest absolute Gasteiger partial charge is 0.378 e. The molecular formula is C25H30N4O2. The summed E-state index contributed by atoms with van der Waals surface area (Å²) in [7, 11) is 4.05. The summed E-state index contributed by atoms with van der Waals surface area (Å²) in [4.78, 5) is 17.4. The van der Waals surface area contributed by atoms with E-state index in [0.29, 0.717) is 25.2 Å². The van der Waals surface area contributed by atoms with Crippen LogP contribution in [0.1, 0.15) is 34.3 Å². The van der Waals surface area contributed by atoms with E-state index in [0.717, 1.165) is 36.3 Å². The first-order valence-electron chi connectivity index (χ1n) is 10.8. The van der Waals surface area contributed by atoms with Gasteiger partial charge >= 0.3 is 0 Å². The normalized spacial score (nSPS) is 15.7. The predicted molar refractivity (Wildman–Crippen MR) is 122 cm³/mol. The standard InChI is InChI=1S/C25H30N4O2/c1-27(2)23-12-8-20(9-13-23)17-28(19-24-5-3-16-31-24)25(30)22-10-6-21(7-11-22)18-29-15-4-14-26-29/h4,6-15,24H,3,5,16-19H2,1-2H3/t24-/m1/s1. The number of anilines is 1. The minimum absolute atomic E-state index is 0.0397. The Morgan fingerprint density at radius 2 is 1.84 bits per heavy atom. The van der Waals surface area contributed by atoms with Crippen molar-refractivity contribution in [2.45, 2.75) is 32.0 Å². The molecule has 0 saturated carbocycles. The lowest BCUT2D eigenvalue weighted by molar-refractivity contribution is 0.0507. The highest BCUT2D eigenvalue weighted by Crippen LogP contribution is 2.19. The van der Waals surface area contributed by atoms with Gasteiger partial charge < -0.3 is 14.5 Å². The molecule has 0 N–H and O–H groups in total. The van der Waals surface area contributed by atoms with Gasteiger partial charge in [0.15, 0.2) is 0 Å². The van der Waals surface area contributed by atoms with Crippen LogP contribution >= 0.6 is 0 Å². The van der Waals surface area contributed by atoms with Gasteiger partial charge in [0.1, 0.15) is 0 Å². The molecule has 31 heavy (non-hydrogen) atoms. The van der Waals surface area contributed by atoms with Crippen LogP contribution in [0.3, 0.4) is 0 Å². The topological polar surface area (TPSA) is 50.6 Å². The maximum Gasteiger partial charge on any atom is 0.254 e. The Labute approximate surface area is 184 Å². The maximum absolute atomic E-state index is 13.4. The lowest BCUT2D eigenvalue weighted by Crippen LogP contribution is -2.37. The molecule has 1 saturated heterocycles. The number of hydrogen-bond acceptors (Lipinski definition) is 4. The fourth-order valence-electron chi connectivity index (χ4n) is 3.89. The summed E-state index contributed by atoms with van der Waals surface area (Å²) < 4.78 is 7.70. The van der Waals surface area contributed by atoms with Crippen LogP contribution < -0.4 is 4.90 Å². The van der Waals surface area contributed by atoms with Gasteiger partial charge in [0.05, 0.1) is 12.6 Å². The zero-order valence-corrected chi connectivity index (χ0v) is 18.3. The van der Waals surface area contributed by atoms with Crippen molar-refractivity contribution < 1.29 is 9.53 Å². The van der Waals surface area contributed by atoms with Gasteiger partial charge in [0.2, 0.25) is 0 Å². The van der Waals surface area contributed by atoms with Crippen LogP contribution in [0.2, 0.25) is 0 Å². The number of ether oxygens (including phenoxy) is 1. The lowest BCUT2D eigenvalue weighted by Gasteiger charge is -2.26. The highest BCUT2D eigenvalue weighted by Gasteiger charge is 2.23. The molecule has 1 aliphatic rings. The second kappa shape index (κ2) is 9.79. The Kier molecular flexibility index (Phi) is 6.67. The zero-order valence-electron chi connectivity index (χ0n) is 18.3. The molecule has 1 amide bonds. The number of amides is 1. The fourth-order valence-corrected chi connectivity index (χ4v) is 3.89. The quantitative estimate of drug-likeness (QED) is 0.558. The second-order valence-corrected chi connectivity index (χ2v) is 8.28. The molecule has 1 atom stereocenters. The summed E-state index contributed by atoms with van der Waals surface area (Å²) in [5.74, 6) is 0.0397. The molecule has 3 aromatic rings. The SMILES string of the molecule is CN(C)c1ccc(CN(C[C@H]2CCCO2)C(=O)c2ccc(Cn3cccn3)cc2)cc1. The highest BCUT2D eigenvalue weighted by molar-refractivity contribution is 5.94. The fraction of sp³-hybridized carbons (Fsp3) is 0.360. The molecule has 0 aliphatic carbocycles. The van der Waals surface area contributed by atoms with Crippen LogP contribution in [0, 0.1) is 0 Å². The first-order valence-corrected chi connectivity index (χ1v) is 10.8. The summed E-state index contributed by atoms with van der Waals surface area (Å²) in [5.41, 5.74) is 4.08. The molecule has 1 fully saturated rings. The molecule has 6 heteroatoms. The van der Waals surface area contributed by atoms with Gasteiger partial charge in [-0.3, -0.25) is 9.48 Å². The van der Waals surface area contributed by atoms with E-state index in [1.165, 1.54) is 0 Å². The number of carbonyl (C=O) groups is 1. The summed E-state index contributed by atoms with van der Waals surface area (Å²) >= 11 is 0. The molecule has 0 unspecified atom stereocenters. The number of rotatable bonds is 8. The summed E-state index contributed by atoms with van der Waals surface area (Å²) in [6.07, 6.45) is 5.89. The average Bonchev–Trinajstić information content (AvgIpc) is 3.48. The van der Waals surface area contributed by atoms with E-state index >= 15 is 0 Å². The van der Waals surface area contributed by atoms with Crippen LogP contribution in [0.15, 0.2) is 67.0 Å². The zero-order chi connectivity index (χ0) is 21.6. The van der Waals surface area contributed by atoms with Crippen molar-refractivity contribution in [3.63, 3.8) is 0 Å². The molecular weight excluding hydrogens is 388 g/mol. The summed E-state index contributed by atoms with van der Waals surface area (Å²) in [5, 5.41) is 4.24. The third kappa shape index (κ3) is 5.52. The maximum atomic E-state index is 13.4. The van der Waals surface area contributed by atoms with Crippen LogP contribution in [0.5, 0.6) is 0 Å². The number of aromatic nitrogens is 2. The van der Waals surface area contributed by atoms with Gasteiger partial charge in [-0.25, -0.2) is 0 Å². The third-order valence-electron chi connectivity index (χ3n) is 5.67. The number of carbonyl (C=O) groups excluding carboxylic acids is 1. The first kappa shape index (κ1) is 21.1. The van der Waals surface area contributed by atoms with E-state index in [9.17, 15) is 4.79 Å². The van der Waals surface area contributed by atoms with Crippen molar-refractivity contribution >= 4 is 11.6 Å². The first-order chi connectivity index (χ1) is 15.1. The Morgan fingerprint density at radius 3 is 2.45 bits per heavy atom. The molecule has 6 nitrogen and oxygen atoms in total. The smallest absolute Gasteiger partial charge is 0.254 e. The van der Waals surface area contributed by atoms with Crippen LogP contribution in [0.4, 0.5) is 5.69 Å². The van der Waals surface area contributed by atoms with Gasteiger partial charge in [-0.1, -0.05) is 24.3 Å². The van der Waals surface area contributed by atoms with Crippen molar-refractivity contribution in [3.8, 4) is 0 Å². The van der Waals surface area contributed by atoms with Crippen molar-refractivity contribution in [1.29, 1.82) is 0 Å². The van der Waals surface area contributed by atoms with Crippen molar-refractivity contribution in [3.05, 3.63) is 83.7 Å². The Hall–Kier alpha value is -3.12. The number of benzene rings is 2. The van der Waals surface area contributed by atoms with E-state index in [4.69, 9.17) is 4.74 Å². The van der Waals surface area contributed by atoms with E-state index in [1.807, 2.05) is 60.2 Å². The Morgan fingerprint density at radius 1 is 1.10 bits per heavy atom. The van der Waals surface area contributed by atoms with Crippen LogP contribution in [-0.4, -0.2) is 53.9 Å². The predicted octanol–water partition coefficient (Wildman–Crippen LogP) is 3.82. The Balaban J connectivity index is 1.48.